The second kappa shape index (κ2) is 6.25. The third-order valence-corrected chi connectivity index (χ3v) is 3.20. The lowest BCUT2D eigenvalue weighted by Crippen LogP contribution is -2.34. The molecule has 1 aromatic rings. The zero-order chi connectivity index (χ0) is 15.4. The summed E-state index contributed by atoms with van der Waals surface area (Å²) < 4.78 is 0. The Morgan fingerprint density at radius 3 is 2.71 bits per heavy atom. The Balaban J connectivity index is 1.86. The lowest BCUT2D eigenvalue weighted by atomic mass is 10.1. The number of carbonyl (C=O) groups is 3. The molecule has 0 saturated carbocycles. The van der Waals surface area contributed by atoms with Gasteiger partial charge in [0.25, 0.3) is 11.8 Å². The first-order valence-electron chi connectivity index (χ1n) is 6.64. The van der Waals surface area contributed by atoms with Crippen molar-refractivity contribution in [3.63, 3.8) is 0 Å². The maximum atomic E-state index is 12.0. The molecular weight excluding hydrogens is 272 g/mol. The summed E-state index contributed by atoms with van der Waals surface area (Å²) in [6.45, 7) is 0.309. The number of nitrogens with zero attached hydrogens (tertiary/aromatic N) is 1. The number of amides is 4. The van der Waals surface area contributed by atoms with E-state index in [1.165, 1.54) is 0 Å². The van der Waals surface area contributed by atoms with Crippen molar-refractivity contribution >= 4 is 23.5 Å². The molecule has 1 unspecified atom stereocenters. The number of hydrogen-bond acceptors (Lipinski definition) is 4. The molecule has 1 saturated heterocycles. The van der Waals surface area contributed by atoms with Crippen molar-refractivity contribution in [1.82, 2.24) is 16.0 Å². The van der Waals surface area contributed by atoms with Gasteiger partial charge in [0.1, 0.15) is 6.04 Å². The maximum absolute atomic E-state index is 12.0. The van der Waals surface area contributed by atoms with Crippen molar-refractivity contribution < 1.29 is 14.4 Å². The summed E-state index contributed by atoms with van der Waals surface area (Å²) in [7, 11) is 3.80. The Kier molecular flexibility index (Phi) is 4.42. The van der Waals surface area contributed by atoms with Crippen LogP contribution in [-0.4, -0.2) is 44.5 Å². The smallest absolute Gasteiger partial charge is 0.322 e. The fraction of sp³-hybridized carbons (Fsp3) is 0.357. The Bertz CT molecular complexity index is 571. The fourth-order valence-electron chi connectivity index (χ4n) is 2.02. The van der Waals surface area contributed by atoms with Gasteiger partial charge in [-0.05, 0) is 24.6 Å². The van der Waals surface area contributed by atoms with Crippen molar-refractivity contribution in [3.8, 4) is 0 Å². The number of anilines is 1. The Morgan fingerprint density at radius 1 is 1.33 bits per heavy atom. The molecule has 1 fully saturated rings. The van der Waals surface area contributed by atoms with Gasteiger partial charge in [0.2, 0.25) is 0 Å². The quantitative estimate of drug-likeness (QED) is 0.670. The van der Waals surface area contributed by atoms with Gasteiger partial charge in [-0.25, -0.2) is 4.79 Å². The third kappa shape index (κ3) is 3.71. The van der Waals surface area contributed by atoms with E-state index in [1.54, 1.807) is 12.1 Å². The Hall–Kier alpha value is -2.57. The van der Waals surface area contributed by atoms with Crippen LogP contribution in [0.5, 0.6) is 0 Å². The highest BCUT2D eigenvalue weighted by Gasteiger charge is 2.28. The normalized spacial score (nSPS) is 17.1. The predicted molar refractivity (Wildman–Crippen MR) is 78.2 cm³/mol. The molecule has 7 nitrogen and oxygen atoms in total. The molecule has 4 amide bonds. The third-order valence-electron chi connectivity index (χ3n) is 3.20. The van der Waals surface area contributed by atoms with Crippen molar-refractivity contribution in [2.75, 3.05) is 25.5 Å². The van der Waals surface area contributed by atoms with Crippen LogP contribution in [0.3, 0.4) is 0 Å². The summed E-state index contributed by atoms with van der Waals surface area (Å²) in [5, 5.41) is 7.37. The monoisotopic (exact) mass is 290 g/mol. The number of hydrogen-bond donors (Lipinski definition) is 3. The van der Waals surface area contributed by atoms with Crippen molar-refractivity contribution in [2.45, 2.75) is 12.5 Å². The summed E-state index contributed by atoms with van der Waals surface area (Å²) in [6.07, 6.45) is 0.358. The molecule has 1 aliphatic heterocycles. The minimum atomic E-state index is -0.578. The molecule has 0 aliphatic carbocycles. The molecule has 2 rings (SSSR count). The summed E-state index contributed by atoms with van der Waals surface area (Å²) in [5.74, 6) is -0.563. The average Bonchev–Trinajstić information content (AvgIpc) is 2.77. The SMILES string of the molecule is CN(C)c1cccc(C(=O)NCCC2NC(=O)NC2=O)c1. The molecule has 0 radical (unpaired) electrons. The zero-order valence-electron chi connectivity index (χ0n) is 12.0. The van der Waals surface area contributed by atoms with Crippen molar-refractivity contribution in [1.29, 1.82) is 0 Å². The van der Waals surface area contributed by atoms with Crippen LogP contribution >= 0.6 is 0 Å². The highest BCUT2D eigenvalue weighted by Crippen LogP contribution is 2.13. The number of benzene rings is 1. The van der Waals surface area contributed by atoms with Gasteiger partial charge >= 0.3 is 6.03 Å². The summed E-state index contributed by atoms with van der Waals surface area (Å²) in [5.41, 5.74) is 1.49. The highest BCUT2D eigenvalue weighted by molar-refractivity contribution is 6.04. The van der Waals surface area contributed by atoms with Gasteiger partial charge in [0.05, 0.1) is 0 Å². The van der Waals surface area contributed by atoms with Crippen molar-refractivity contribution in [3.05, 3.63) is 29.8 Å². The molecule has 1 aromatic carbocycles. The van der Waals surface area contributed by atoms with Crippen LogP contribution in [0, 0.1) is 0 Å². The first-order valence-corrected chi connectivity index (χ1v) is 6.64. The molecule has 0 bridgehead atoms. The second-order valence-electron chi connectivity index (χ2n) is 5.00. The molecule has 21 heavy (non-hydrogen) atoms. The highest BCUT2D eigenvalue weighted by atomic mass is 16.2. The van der Waals surface area contributed by atoms with Crippen LogP contribution in [0.4, 0.5) is 10.5 Å². The van der Waals surface area contributed by atoms with Crippen LogP contribution in [-0.2, 0) is 4.79 Å². The van der Waals surface area contributed by atoms with Crippen LogP contribution in [0.25, 0.3) is 0 Å². The molecule has 7 heteroatoms. The molecule has 1 heterocycles. The molecule has 0 spiro atoms. The van der Waals surface area contributed by atoms with E-state index >= 15 is 0 Å². The number of nitrogens with one attached hydrogen (secondary N) is 3. The minimum Gasteiger partial charge on any atom is -0.378 e. The largest absolute Gasteiger partial charge is 0.378 e. The van der Waals surface area contributed by atoms with Gasteiger partial charge in [-0.2, -0.15) is 0 Å². The fourth-order valence-corrected chi connectivity index (χ4v) is 2.02. The first-order chi connectivity index (χ1) is 9.97. The van der Waals surface area contributed by atoms with Gasteiger partial charge in [-0.3, -0.25) is 14.9 Å². The van der Waals surface area contributed by atoms with Gasteiger partial charge in [-0.15, -0.1) is 0 Å². The summed E-state index contributed by atoms with van der Waals surface area (Å²) in [6, 6.07) is 6.18. The van der Waals surface area contributed by atoms with E-state index in [4.69, 9.17) is 0 Å². The standard InChI is InChI=1S/C14H18N4O3/c1-18(2)10-5-3-4-9(8-10)12(19)15-7-6-11-13(20)17-14(21)16-11/h3-5,8,11H,6-7H2,1-2H3,(H,15,19)(H2,16,17,20,21). The van der Waals surface area contributed by atoms with Gasteiger partial charge in [0, 0.05) is 31.9 Å². The number of urea groups is 1. The molecule has 3 N–H and O–H groups in total. The van der Waals surface area contributed by atoms with E-state index in [0.29, 0.717) is 18.5 Å². The van der Waals surface area contributed by atoms with E-state index in [2.05, 4.69) is 16.0 Å². The Labute approximate surface area is 122 Å². The number of carbonyl (C=O) groups excluding carboxylic acids is 3. The molecule has 112 valence electrons. The molecule has 1 atom stereocenters. The van der Waals surface area contributed by atoms with E-state index in [-0.39, 0.29) is 11.8 Å². The summed E-state index contributed by atoms with van der Waals surface area (Å²) in [4.78, 5) is 36.2. The molecular formula is C14H18N4O3. The van der Waals surface area contributed by atoms with Crippen LogP contribution in [0.2, 0.25) is 0 Å². The molecule has 1 aliphatic rings. The van der Waals surface area contributed by atoms with Gasteiger partial charge in [0.15, 0.2) is 0 Å². The summed E-state index contributed by atoms with van der Waals surface area (Å²) >= 11 is 0. The van der Waals surface area contributed by atoms with Crippen LogP contribution < -0.4 is 20.9 Å². The zero-order valence-corrected chi connectivity index (χ0v) is 12.0. The van der Waals surface area contributed by atoms with Gasteiger partial charge < -0.3 is 15.5 Å². The lowest BCUT2D eigenvalue weighted by molar-refractivity contribution is -0.120. The average molecular weight is 290 g/mol. The van der Waals surface area contributed by atoms with Gasteiger partial charge in [-0.1, -0.05) is 6.07 Å². The van der Waals surface area contributed by atoms with Crippen molar-refractivity contribution in [2.24, 2.45) is 0 Å². The van der Waals surface area contributed by atoms with E-state index < -0.39 is 12.1 Å². The van der Waals surface area contributed by atoms with Crippen LogP contribution in [0.15, 0.2) is 24.3 Å². The minimum absolute atomic E-state index is 0.205. The van der Waals surface area contributed by atoms with E-state index in [0.717, 1.165) is 5.69 Å². The number of imide groups is 1. The van der Waals surface area contributed by atoms with Crippen LogP contribution in [0.1, 0.15) is 16.8 Å². The topological polar surface area (TPSA) is 90.5 Å². The Morgan fingerprint density at radius 2 is 2.10 bits per heavy atom. The van der Waals surface area contributed by atoms with E-state index in [9.17, 15) is 14.4 Å². The maximum Gasteiger partial charge on any atom is 0.322 e. The number of rotatable bonds is 5. The van der Waals surface area contributed by atoms with E-state index in [1.807, 2.05) is 31.1 Å². The lowest BCUT2D eigenvalue weighted by Gasteiger charge is -2.13. The predicted octanol–water partition coefficient (Wildman–Crippen LogP) is 0.0805. The second-order valence-corrected chi connectivity index (χ2v) is 5.00. The molecule has 0 aromatic heterocycles. The first kappa shape index (κ1) is 14.8.